The number of carbonyl (C=O) groups is 1. The second-order valence-electron chi connectivity index (χ2n) is 7.68. The molecule has 3 aromatic rings. The molecule has 0 radical (unpaired) electrons. The zero-order chi connectivity index (χ0) is 21.1. The number of hydrogen-bond acceptors (Lipinski definition) is 4. The Kier molecular flexibility index (Phi) is 5.95. The minimum atomic E-state index is -0.492. The van der Waals surface area contributed by atoms with Crippen molar-refractivity contribution in [1.29, 1.82) is 0 Å². The Morgan fingerprint density at radius 3 is 2.60 bits per heavy atom. The Balaban J connectivity index is 1.63. The Morgan fingerprint density at radius 1 is 1.13 bits per heavy atom. The Labute approximate surface area is 180 Å². The van der Waals surface area contributed by atoms with E-state index in [1.165, 1.54) is 0 Å². The average Bonchev–Trinajstić information content (AvgIpc) is 3.29. The molecular weight excluding hydrogens is 400 g/mol. The SMILES string of the molecule is CN(Cc1ccc(Cl)c(-c2nc(-c3ccccc3)nc(=O)[nH]2)c1)C(=O)C1CCCC1. The van der Waals surface area contributed by atoms with E-state index in [0.29, 0.717) is 28.8 Å². The molecule has 0 unspecified atom stereocenters. The first-order chi connectivity index (χ1) is 14.5. The molecule has 0 spiro atoms. The predicted octanol–water partition coefficient (Wildman–Crippen LogP) is 4.30. The Hall–Kier alpha value is -2.99. The first-order valence-corrected chi connectivity index (χ1v) is 10.5. The van der Waals surface area contributed by atoms with Gasteiger partial charge in [0.25, 0.3) is 0 Å². The monoisotopic (exact) mass is 422 g/mol. The first-order valence-electron chi connectivity index (χ1n) is 10.1. The highest BCUT2D eigenvalue weighted by molar-refractivity contribution is 6.33. The molecule has 30 heavy (non-hydrogen) atoms. The molecule has 0 aliphatic heterocycles. The van der Waals surface area contributed by atoms with Gasteiger partial charge in [-0.2, -0.15) is 4.98 Å². The summed E-state index contributed by atoms with van der Waals surface area (Å²) in [6, 6.07) is 14.8. The summed E-state index contributed by atoms with van der Waals surface area (Å²) in [4.78, 5) is 37.8. The number of H-pyrrole nitrogens is 1. The topological polar surface area (TPSA) is 79.0 Å². The molecule has 6 nitrogen and oxygen atoms in total. The fourth-order valence-corrected chi connectivity index (χ4v) is 4.12. The number of nitrogens with zero attached hydrogens (tertiary/aromatic N) is 3. The summed E-state index contributed by atoms with van der Waals surface area (Å²) in [7, 11) is 1.83. The molecular formula is C23H23ClN4O2. The molecule has 4 rings (SSSR count). The number of aromatic amines is 1. The van der Waals surface area contributed by atoms with Gasteiger partial charge >= 0.3 is 5.69 Å². The fourth-order valence-electron chi connectivity index (χ4n) is 3.92. The fraction of sp³-hybridized carbons (Fsp3) is 0.304. The highest BCUT2D eigenvalue weighted by atomic mass is 35.5. The molecule has 2 aromatic carbocycles. The number of halogens is 1. The lowest BCUT2D eigenvalue weighted by atomic mass is 10.1. The van der Waals surface area contributed by atoms with Crippen molar-refractivity contribution in [1.82, 2.24) is 19.9 Å². The third kappa shape index (κ3) is 4.44. The van der Waals surface area contributed by atoms with Gasteiger partial charge in [0.1, 0.15) is 5.82 Å². The second kappa shape index (κ2) is 8.79. The van der Waals surface area contributed by atoms with Crippen LogP contribution in [0.15, 0.2) is 53.3 Å². The maximum atomic E-state index is 12.6. The number of hydrogen-bond donors (Lipinski definition) is 1. The molecule has 0 bridgehead atoms. The number of amides is 1. The van der Waals surface area contributed by atoms with Gasteiger partial charge in [0.15, 0.2) is 5.82 Å². The van der Waals surface area contributed by atoms with Gasteiger partial charge in [-0.05, 0) is 30.5 Å². The van der Waals surface area contributed by atoms with Crippen molar-refractivity contribution in [3.8, 4) is 22.8 Å². The zero-order valence-electron chi connectivity index (χ0n) is 16.8. The molecule has 1 aliphatic rings. The number of carbonyl (C=O) groups excluding carboxylic acids is 1. The summed E-state index contributed by atoms with van der Waals surface area (Å²) in [5.41, 5.74) is 1.78. The van der Waals surface area contributed by atoms with Crippen LogP contribution in [0.3, 0.4) is 0 Å². The van der Waals surface area contributed by atoms with Gasteiger partial charge in [-0.1, -0.05) is 60.8 Å². The van der Waals surface area contributed by atoms with E-state index in [0.717, 1.165) is 36.8 Å². The molecule has 1 aromatic heterocycles. The maximum absolute atomic E-state index is 12.6. The van der Waals surface area contributed by atoms with E-state index in [2.05, 4.69) is 15.0 Å². The number of rotatable bonds is 5. The molecule has 0 saturated heterocycles. The number of benzene rings is 2. The summed E-state index contributed by atoms with van der Waals surface area (Å²) in [5, 5.41) is 0.469. The maximum Gasteiger partial charge on any atom is 0.348 e. The second-order valence-corrected chi connectivity index (χ2v) is 8.09. The van der Waals surface area contributed by atoms with Crippen LogP contribution in [0.25, 0.3) is 22.8 Å². The summed E-state index contributed by atoms with van der Waals surface area (Å²) < 4.78 is 0. The van der Waals surface area contributed by atoms with Crippen molar-refractivity contribution in [2.24, 2.45) is 5.92 Å². The van der Waals surface area contributed by atoms with Crippen LogP contribution in [0.1, 0.15) is 31.2 Å². The standard InChI is InChI=1S/C23H23ClN4O2/c1-28(22(29)17-9-5-6-10-17)14-15-11-12-19(24)18(13-15)21-25-20(26-23(30)27-21)16-7-3-2-4-8-16/h2-4,7-8,11-13,17H,5-6,9-10,14H2,1H3,(H,25,26,27,30). The number of aromatic nitrogens is 3. The van der Waals surface area contributed by atoms with Crippen molar-refractivity contribution in [2.75, 3.05) is 7.05 Å². The average molecular weight is 423 g/mol. The first kappa shape index (κ1) is 20.3. The van der Waals surface area contributed by atoms with Gasteiger partial charge in [0.2, 0.25) is 5.91 Å². The lowest BCUT2D eigenvalue weighted by molar-refractivity contribution is -0.134. The van der Waals surface area contributed by atoms with Crippen LogP contribution in [0.2, 0.25) is 5.02 Å². The largest absolute Gasteiger partial charge is 0.348 e. The van der Waals surface area contributed by atoms with Crippen LogP contribution in [0.4, 0.5) is 0 Å². The highest BCUT2D eigenvalue weighted by Gasteiger charge is 2.25. The quantitative estimate of drug-likeness (QED) is 0.664. The molecule has 7 heteroatoms. The van der Waals surface area contributed by atoms with Gasteiger partial charge < -0.3 is 4.90 Å². The van der Waals surface area contributed by atoms with Gasteiger partial charge in [-0.25, -0.2) is 9.78 Å². The Bertz CT molecular complexity index is 1110. The molecule has 1 heterocycles. The van der Waals surface area contributed by atoms with Crippen LogP contribution < -0.4 is 5.69 Å². The highest BCUT2D eigenvalue weighted by Crippen LogP contribution is 2.29. The van der Waals surface area contributed by atoms with E-state index in [-0.39, 0.29) is 11.8 Å². The minimum Gasteiger partial charge on any atom is -0.341 e. The van der Waals surface area contributed by atoms with Gasteiger partial charge in [0, 0.05) is 30.6 Å². The molecule has 1 aliphatic carbocycles. The van der Waals surface area contributed by atoms with E-state index >= 15 is 0 Å². The van der Waals surface area contributed by atoms with Crippen molar-refractivity contribution >= 4 is 17.5 Å². The van der Waals surface area contributed by atoms with Crippen LogP contribution in [0, 0.1) is 5.92 Å². The smallest absolute Gasteiger partial charge is 0.341 e. The molecule has 0 atom stereocenters. The summed E-state index contributed by atoms with van der Waals surface area (Å²) >= 11 is 6.42. The van der Waals surface area contributed by atoms with E-state index < -0.39 is 5.69 Å². The number of nitrogens with one attached hydrogen (secondary N) is 1. The van der Waals surface area contributed by atoms with Crippen LogP contribution >= 0.6 is 11.6 Å². The van der Waals surface area contributed by atoms with E-state index in [9.17, 15) is 9.59 Å². The van der Waals surface area contributed by atoms with Crippen molar-refractivity contribution in [2.45, 2.75) is 32.2 Å². The van der Waals surface area contributed by atoms with Crippen LogP contribution in [-0.2, 0) is 11.3 Å². The van der Waals surface area contributed by atoms with Gasteiger partial charge in [-0.15, -0.1) is 0 Å². The third-order valence-electron chi connectivity index (χ3n) is 5.47. The summed E-state index contributed by atoms with van der Waals surface area (Å²) in [6.45, 7) is 0.473. The Morgan fingerprint density at radius 2 is 1.87 bits per heavy atom. The lowest BCUT2D eigenvalue weighted by Gasteiger charge is -2.21. The van der Waals surface area contributed by atoms with Gasteiger partial charge in [-0.3, -0.25) is 9.78 Å². The normalized spacial score (nSPS) is 14.1. The lowest BCUT2D eigenvalue weighted by Crippen LogP contribution is -2.31. The summed E-state index contributed by atoms with van der Waals surface area (Å²) in [5.74, 6) is 1.01. The van der Waals surface area contributed by atoms with Crippen molar-refractivity contribution in [3.63, 3.8) is 0 Å². The predicted molar refractivity (Wildman–Crippen MR) is 117 cm³/mol. The van der Waals surface area contributed by atoms with Crippen LogP contribution in [-0.4, -0.2) is 32.8 Å². The van der Waals surface area contributed by atoms with Crippen LogP contribution in [0.5, 0.6) is 0 Å². The zero-order valence-corrected chi connectivity index (χ0v) is 17.5. The molecule has 154 valence electrons. The van der Waals surface area contributed by atoms with Crippen molar-refractivity contribution in [3.05, 3.63) is 69.6 Å². The van der Waals surface area contributed by atoms with E-state index in [4.69, 9.17) is 11.6 Å². The van der Waals surface area contributed by atoms with E-state index in [1.54, 1.807) is 11.0 Å². The minimum absolute atomic E-state index is 0.133. The van der Waals surface area contributed by atoms with Gasteiger partial charge in [0.05, 0.1) is 5.02 Å². The summed E-state index contributed by atoms with van der Waals surface area (Å²) in [6.07, 6.45) is 4.19. The molecule has 1 fully saturated rings. The van der Waals surface area contributed by atoms with Crippen molar-refractivity contribution < 1.29 is 4.79 Å². The van der Waals surface area contributed by atoms with E-state index in [1.807, 2.05) is 49.5 Å². The molecule has 1 amide bonds. The molecule has 1 saturated carbocycles. The molecule has 1 N–H and O–H groups in total. The third-order valence-corrected chi connectivity index (χ3v) is 5.80.